The summed E-state index contributed by atoms with van der Waals surface area (Å²) in [5, 5.41) is 2.71. The Morgan fingerprint density at radius 2 is 2.05 bits per heavy atom. The second-order valence-corrected chi connectivity index (χ2v) is 4.18. The second kappa shape index (κ2) is 6.68. The van der Waals surface area contributed by atoms with Crippen LogP contribution in [0.3, 0.4) is 0 Å². The van der Waals surface area contributed by atoms with Crippen LogP contribution in [0.4, 0.5) is 5.95 Å². The van der Waals surface area contributed by atoms with Crippen molar-refractivity contribution in [3.05, 3.63) is 53.2 Å². The van der Waals surface area contributed by atoms with Crippen molar-refractivity contribution in [2.24, 2.45) is 0 Å². The molecule has 0 aliphatic carbocycles. The molecule has 1 N–H and O–H groups in total. The molecule has 0 aliphatic rings. The molecule has 5 nitrogen and oxygen atoms in total. The SMILES string of the molecule is COc1cc(Cl)nc(NC(=O)/C=C/c2ccccc2)n1. The maximum atomic E-state index is 11.7. The van der Waals surface area contributed by atoms with Gasteiger partial charge in [0, 0.05) is 12.1 Å². The van der Waals surface area contributed by atoms with Crippen molar-refractivity contribution in [2.75, 3.05) is 12.4 Å². The van der Waals surface area contributed by atoms with Crippen LogP contribution >= 0.6 is 11.6 Å². The Kier molecular flexibility index (Phi) is 4.68. The van der Waals surface area contributed by atoms with Crippen molar-refractivity contribution < 1.29 is 9.53 Å². The van der Waals surface area contributed by atoms with Gasteiger partial charge in [0.2, 0.25) is 11.8 Å². The van der Waals surface area contributed by atoms with Crippen LogP contribution in [0.2, 0.25) is 5.15 Å². The molecular weight excluding hydrogens is 278 g/mol. The van der Waals surface area contributed by atoms with Crippen LogP contribution in [0, 0.1) is 0 Å². The lowest BCUT2D eigenvalue weighted by molar-refractivity contribution is -0.111. The quantitative estimate of drug-likeness (QED) is 0.694. The zero-order valence-corrected chi connectivity index (χ0v) is 11.5. The lowest BCUT2D eigenvalue weighted by atomic mass is 10.2. The summed E-state index contributed by atoms with van der Waals surface area (Å²) in [4.78, 5) is 19.6. The van der Waals surface area contributed by atoms with Gasteiger partial charge in [0.15, 0.2) is 0 Å². The summed E-state index contributed by atoms with van der Waals surface area (Å²) >= 11 is 5.78. The van der Waals surface area contributed by atoms with E-state index in [1.165, 1.54) is 19.3 Å². The number of aromatic nitrogens is 2. The molecule has 20 heavy (non-hydrogen) atoms. The van der Waals surface area contributed by atoms with Gasteiger partial charge in [-0.2, -0.15) is 4.98 Å². The molecule has 0 spiro atoms. The van der Waals surface area contributed by atoms with Crippen molar-refractivity contribution >= 4 is 29.5 Å². The van der Waals surface area contributed by atoms with Crippen molar-refractivity contribution in [3.8, 4) is 5.88 Å². The number of anilines is 1. The molecule has 0 atom stereocenters. The molecule has 1 aromatic carbocycles. The first kappa shape index (κ1) is 14.0. The molecule has 0 radical (unpaired) electrons. The molecule has 0 fully saturated rings. The summed E-state index contributed by atoms with van der Waals surface area (Å²) in [6.45, 7) is 0. The highest BCUT2D eigenvalue weighted by Crippen LogP contribution is 2.15. The number of nitrogens with one attached hydrogen (secondary N) is 1. The third-order valence-electron chi connectivity index (χ3n) is 2.34. The van der Waals surface area contributed by atoms with E-state index in [4.69, 9.17) is 16.3 Å². The van der Waals surface area contributed by atoms with Crippen LogP contribution in [0.25, 0.3) is 6.08 Å². The third-order valence-corrected chi connectivity index (χ3v) is 2.54. The Hall–Kier alpha value is -2.40. The van der Waals surface area contributed by atoms with Gasteiger partial charge in [-0.05, 0) is 11.6 Å². The first-order valence-electron chi connectivity index (χ1n) is 5.80. The van der Waals surface area contributed by atoms with Crippen molar-refractivity contribution in [3.63, 3.8) is 0 Å². The van der Waals surface area contributed by atoms with Crippen LogP contribution in [0.15, 0.2) is 42.5 Å². The van der Waals surface area contributed by atoms with Gasteiger partial charge in [-0.15, -0.1) is 0 Å². The number of hydrogen-bond donors (Lipinski definition) is 1. The third kappa shape index (κ3) is 4.07. The molecule has 0 bridgehead atoms. The standard InChI is InChI=1S/C14H12ClN3O2/c1-20-13-9-11(15)16-14(18-13)17-12(19)8-7-10-5-3-2-4-6-10/h2-9H,1H3,(H,16,17,18,19)/b8-7+. The zero-order valence-electron chi connectivity index (χ0n) is 10.7. The van der Waals surface area contributed by atoms with Gasteiger partial charge in [-0.1, -0.05) is 41.9 Å². The van der Waals surface area contributed by atoms with Gasteiger partial charge < -0.3 is 4.74 Å². The Bertz CT molecular complexity index is 630. The number of benzene rings is 1. The summed E-state index contributed by atoms with van der Waals surface area (Å²) in [5.74, 6) is 0.0302. The fourth-order valence-corrected chi connectivity index (χ4v) is 1.62. The lowest BCUT2D eigenvalue weighted by Crippen LogP contribution is -2.11. The van der Waals surface area contributed by atoms with Gasteiger partial charge in [-0.25, -0.2) is 4.98 Å². The molecule has 0 unspecified atom stereocenters. The minimum atomic E-state index is -0.349. The summed E-state index contributed by atoms with van der Waals surface area (Å²) in [6.07, 6.45) is 3.09. The topological polar surface area (TPSA) is 64.1 Å². The van der Waals surface area contributed by atoms with E-state index in [1.54, 1.807) is 6.08 Å². The molecule has 1 amide bonds. The van der Waals surface area contributed by atoms with Gasteiger partial charge in [0.25, 0.3) is 5.91 Å². The molecule has 6 heteroatoms. The molecule has 1 aromatic heterocycles. The maximum absolute atomic E-state index is 11.7. The van der Waals surface area contributed by atoms with Gasteiger partial charge in [0.05, 0.1) is 7.11 Å². The Morgan fingerprint density at radius 3 is 2.75 bits per heavy atom. The molecule has 0 saturated carbocycles. The first-order valence-corrected chi connectivity index (χ1v) is 6.18. The molecular formula is C14H12ClN3O2. The summed E-state index contributed by atoms with van der Waals surface area (Å²) in [6, 6.07) is 10.9. The lowest BCUT2D eigenvalue weighted by Gasteiger charge is -2.03. The molecule has 2 rings (SSSR count). The molecule has 1 heterocycles. The van der Waals surface area contributed by atoms with Gasteiger partial charge in [0.1, 0.15) is 5.15 Å². The van der Waals surface area contributed by atoms with Crippen LogP contribution < -0.4 is 10.1 Å². The average molecular weight is 290 g/mol. The number of halogens is 1. The largest absolute Gasteiger partial charge is 0.481 e. The van der Waals surface area contributed by atoms with Gasteiger partial charge >= 0.3 is 0 Å². The Balaban J connectivity index is 2.05. The molecule has 0 aliphatic heterocycles. The number of carbonyl (C=O) groups excluding carboxylic acids is 1. The number of ether oxygens (including phenoxy) is 1. The number of methoxy groups -OCH3 is 1. The highest BCUT2D eigenvalue weighted by molar-refractivity contribution is 6.29. The zero-order chi connectivity index (χ0) is 14.4. The van der Waals surface area contributed by atoms with Crippen LogP contribution in [0.5, 0.6) is 5.88 Å². The molecule has 102 valence electrons. The number of nitrogens with zero attached hydrogens (tertiary/aromatic N) is 2. The summed E-state index contributed by atoms with van der Waals surface area (Å²) in [5.41, 5.74) is 0.923. The first-order chi connectivity index (χ1) is 9.67. The van der Waals surface area contributed by atoms with Gasteiger partial charge in [-0.3, -0.25) is 10.1 Å². The van der Waals surface area contributed by atoms with E-state index >= 15 is 0 Å². The normalized spacial score (nSPS) is 10.5. The molecule has 0 saturated heterocycles. The minimum absolute atomic E-state index is 0.0945. The number of rotatable bonds is 4. The van der Waals surface area contributed by atoms with E-state index in [0.717, 1.165) is 5.56 Å². The van der Waals surface area contributed by atoms with Crippen LogP contribution in [0.1, 0.15) is 5.56 Å². The van der Waals surface area contributed by atoms with Crippen molar-refractivity contribution in [1.29, 1.82) is 0 Å². The van der Waals surface area contributed by atoms with E-state index in [1.807, 2.05) is 30.3 Å². The van der Waals surface area contributed by atoms with Crippen LogP contribution in [-0.2, 0) is 4.79 Å². The van der Waals surface area contributed by atoms with Crippen LogP contribution in [-0.4, -0.2) is 23.0 Å². The smallest absolute Gasteiger partial charge is 0.250 e. The van der Waals surface area contributed by atoms with Crippen molar-refractivity contribution in [2.45, 2.75) is 0 Å². The fourth-order valence-electron chi connectivity index (χ4n) is 1.45. The maximum Gasteiger partial charge on any atom is 0.250 e. The predicted molar refractivity (Wildman–Crippen MR) is 77.7 cm³/mol. The second-order valence-electron chi connectivity index (χ2n) is 3.79. The molecule has 2 aromatic rings. The average Bonchev–Trinajstić information content (AvgIpc) is 2.45. The fraction of sp³-hybridized carbons (Fsp3) is 0.0714. The van der Waals surface area contributed by atoms with E-state index in [9.17, 15) is 4.79 Å². The van der Waals surface area contributed by atoms with Crippen molar-refractivity contribution in [1.82, 2.24) is 9.97 Å². The highest BCUT2D eigenvalue weighted by atomic mass is 35.5. The predicted octanol–water partition coefficient (Wildman–Crippen LogP) is 2.79. The summed E-state index contributed by atoms with van der Waals surface area (Å²) < 4.78 is 4.94. The monoisotopic (exact) mass is 289 g/mol. The Morgan fingerprint density at radius 1 is 1.30 bits per heavy atom. The Labute approximate surface area is 121 Å². The van der Waals surface area contributed by atoms with E-state index in [-0.39, 0.29) is 22.9 Å². The minimum Gasteiger partial charge on any atom is -0.481 e. The van der Waals surface area contributed by atoms with E-state index in [2.05, 4.69) is 15.3 Å². The number of hydrogen-bond acceptors (Lipinski definition) is 4. The van der Waals surface area contributed by atoms with E-state index in [0.29, 0.717) is 0 Å². The van der Waals surface area contributed by atoms with E-state index < -0.39 is 0 Å². The highest BCUT2D eigenvalue weighted by Gasteiger charge is 2.05. The summed E-state index contributed by atoms with van der Waals surface area (Å²) in [7, 11) is 1.46. The number of amides is 1. The number of carbonyl (C=O) groups is 1.